The van der Waals surface area contributed by atoms with Crippen molar-refractivity contribution in [3.63, 3.8) is 0 Å². The maximum absolute atomic E-state index is 12.9. The molecule has 1 aromatic carbocycles. The molecule has 23 heavy (non-hydrogen) atoms. The summed E-state index contributed by atoms with van der Waals surface area (Å²) >= 11 is 1.32. The molecule has 5 nitrogen and oxygen atoms in total. The SMILES string of the molecule is Cc1ccsc1C(=O)O[C@H](C)c1nnc(-c2ccc(F)cc2)o1. The molecule has 0 radical (unpaired) electrons. The van der Waals surface area contributed by atoms with E-state index in [1.807, 2.05) is 18.4 Å². The van der Waals surface area contributed by atoms with Crippen LogP contribution in [0, 0.1) is 12.7 Å². The van der Waals surface area contributed by atoms with Crippen molar-refractivity contribution >= 4 is 17.3 Å². The smallest absolute Gasteiger partial charge is 0.349 e. The lowest BCUT2D eigenvalue weighted by atomic mass is 10.2. The molecule has 7 heteroatoms. The molecule has 0 amide bonds. The van der Waals surface area contributed by atoms with Gasteiger partial charge in [0, 0.05) is 5.56 Å². The number of thiophene rings is 1. The molecule has 0 saturated carbocycles. The maximum atomic E-state index is 12.9. The van der Waals surface area contributed by atoms with Crippen molar-refractivity contribution in [2.24, 2.45) is 0 Å². The number of carbonyl (C=O) groups is 1. The summed E-state index contributed by atoms with van der Waals surface area (Å²) in [5.74, 6) is -0.337. The molecule has 0 spiro atoms. The molecule has 0 unspecified atom stereocenters. The number of carbonyl (C=O) groups excluding carboxylic acids is 1. The van der Waals surface area contributed by atoms with Crippen molar-refractivity contribution in [3.05, 3.63) is 57.9 Å². The molecule has 0 aliphatic heterocycles. The predicted octanol–water partition coefficient (Wildman–Crippen LogP) is 4.16. The normalized spacial score (nSPS) is 12.1. The van der Waals surface area contributed by atoms with E-state index in [1.54, 1.807) is 6.92 Å². The summed E-state index contributed by atoms with van der Waals surface area (Å²) in [4.78, 5) is 12.6. The first kappa shape index (κ1) is 15.4. The van der Waals surface area contributed by atoms with Gasteiger partial charge in [0.05, 0.1) is 0 Å². The van der Waals surface area contributed by atoms with Crippen LogP contribution in [0.25, 0.3) is 11.5 Å². The van der Waals surface area contributed by atoms with Crippen molar-refractivity contribution in [1.29, 1.82) is 0 Å². The predicted molar refractivity (Wildman–Crippen MR) is 82.6 cm³/mol. The zero-order valence-corrected chi connectivity index (χ0v) is 13.3. The second kappa shape index (κ2) is 6.29. The third kappa shape index (κ3) is 3.29. The monoisotopic (exact) mass is 332 g/mol. The van der Waals surface area contributed by atoms with Crippen LogP contribution < -0.4 is 0 Å². The highest BCUT2D eigenvalue weighted by atomic mass is 32.1. The Morgan fingerprint density at radius 3 is 2.65 bits per heavy atom. The van der Waals surface area contributed by atoms with Gasteiger partial charge in [-0.05, 0) is 55.1 Å². The van der Waals surface area contributed by atoms with E-state index in [-0.39, 0.29) is 17.6 Å². The van der Waals surface area contributed by atoms with Crippen molar-refractivity contribution in [1.82, 2.24) is 10.2 Å². The third-order valence-corrected chi connectivity index (χ3v) is 4.21. The van der Waals surface area contributed by atoms with Crippen LogP contribution in [-0.4, -0.2) is 16.2 Å². The van der Waals surface area contributed by atoms with Crippen molar-refractivity contribution in [3.8, 4) is 11.5 Å². The lowest BCUT2D eigenvalue weighted by Gasteiger charge is -2.08. The number of rotatable bonds is 4. The maximum Gasteiger partial charge on any atom is 0.349 e. The van der Waals surface area contributed by atoms with E-state index >= 15 is 0 Å². The first-order valence-electron chi connectivity index (χ1n) is 6.89. The van der Waals surface area contributed by atoms with Gasteiger partial charge in [-0.3, -0.25) is 0 Å². The zero-order chi connectivity index (χ0) is 16.4. The first-order valence-corrected chi connectivity index (χ1v) is 7.77. The minimum absolute atomic E-state index is 0.187. The summed E-state index contributed by atoms with van der Waals surface area (Å²) < 4.78 is 23.8. The van der Waals surface area contributed by atoms with Gasteiger partial charge in [0.2, 0.25) is 5.89 Å². The van der Waals surface area contributed by atoms with Gasteiger partial charge in [-0.2, -0.15) is 0 Å². The first-order chi connectivity index (χ1) is 11.0. The summed E-state index contributed by atoms with van der Waals surface area (Å²) in [6.45, 7) is 3.50. The molecule has 3 aromatic rings. The number of nitrogens with zero attached hydrogens (tertiary/aromatic N) is 2. The molecule has 3 rings (SSSR count). The van der Waals surface area contributed by atoms with E-state index in [9.17, 15) is 9.18 Å². The van der Waals surface area contributed by atoms with Crippen molar-refractivity contribution < 1.29 is 18.3 Å². The van der Waals surface area contributed by atoms with Gasteiger partial charge in [0.25, 0.3) is 5.89 Å². The van der Waals surface area contributed by atoms with Crippen LogP contribution in [0.1, 0.15) is 34.2 Å². The fraction of sp³-hybridized carbons (Fsp3) is 0.188. The molecule has 0 aliphatic carbocycles. The summed E-state index contributed by atoms with van der Waals surface area (Å²) in [6.07, 6.45) is -0.675. The molecule has 0 saturated heterocycles. The summed E-state index contributed by atoms with van der Waals surface area (Å²) in [6, 6.07) is 7.55. The number of aryl methyl sites for hydroxylation is 1. The van der Waals surface area contributed by atoms with E-state index in [0.29, 0.717) is 10.4 Å². The quantitative estimate of drug-likeness (QED) is 0.671. The Morgan fingerprint density at radius 1 is 1.26 bits per heavy atom. The number of esters is 1. The number of benzene rings is 1. The van der Waals surface area contributed by atoms with Crippen LogP contribution in [0.3, 0.4) is 0 Å². The second-order valence-electron chi connectivity index (χ2n) is 4.93. The van der Waals surface area contributed by atoms with Gasteiger partial charge in [0.1, 0.15) is 10.7 Å². The number of halogens is 1. The highest BCUT2D eigenvalue weighted by molar-refractivity contribution is 7.12. The Hall–Kier alpha value is -2.54. The summed E-state index contributed by atoms with van der Waals surface area (Å²) in [5.41, 5.74) is 1.46. The lowest BCUT2D eigenvalue weighted by molar-refractivity contribution is 0.0285. The van der Waals surface area contributed by atoms with E-state index in [4.69, 9.17) is 9.15 Å². The topological polar surface area (TPSA) is 65.2 Å². The van der Waals surface area contributed by atoms with E-state index in [0.717, 1.165) is 5.56 Å². The van der Waals surface area contributed by atoms with Gasteiger partial charge in [-0.15, -0.1) is 21.5 Å². The van der Waals surface area contributed by atoms with Crippen LogP contribution in [0.2, 0.25) is 0 Å². The fourth-order valence-electron chi connectivity index (χ4n) is 1.95. The Kier molecular flexibility index (Phi) is 4.20. The molecular formula is C16H13FN2O3S. The van der Waals surface area contributed by atoms with E-state index in [1.165, 1.54) is 35.6 Å². The highest BCUT2D eigenvalue weighted by Crippen LogP contribution is 2.25. The van der Waals surface area contributed by atoms with Crippen molar-refractivity contribution in [2.75, 3.05) is 0 Å². The molecule has 118 valence electrons. The number of hydrogen-bond acceptors (Lipinski definition) is 6. The Labute approximate surface area is 135 Å². The largest absolute Gasteiger partial charge is 0.448 e. The molecule has 0 aliphatic rings. The van der Waals surface area contributed by atoms with Crippen LogP contribution in [-0.2, 0) is 4.74 Å². The number of aromatic nitrogens is 2. The van der Waals surface area contributed by atoms with Crippen LogP contribution in [0.5, 0.6) is 0 Å². The van der Waals surface area contributed by atoms with E-state index < -0.39 is 12.1 Å². The molecule has 0 bridgehead atoms. The van der Waals surface area contributed by atoms with Gasteiger partial charge < -0.3 is 9.15 Å². The molecule has 0 N–H and O–H groups in total. The molecule has 0 fully saturated rings. The van der Waals surface area contributed by atoms with Gasteiger partial charge >= 0.3 is 5.97 Å². The molecule has 1 atom stereocenters. The Bertz CT molecular complexity index is 826. The minimum atomic E-state index is -0.675. The van der Waals surface area contributed by atoms with Crippen LogP contribution in [0.4, 0.5) is 4.39 Å². The van der Waals surface area contributed by atoms with Crippen molar-refractivity contribution in [2.45, 2.75) is 20.0 Å². The fourth-order valence-corrected chi connectivity index (χ4v) is 2.76. The van der Waals surface area contributed by atoms with Gasteiger partial charge in [-0.1, -0.05) is 0 Å². The second-order valence-corrected chi connectivity index (χ2v) is 5.85. The average Bonchev–Trinajstić information content (AvgIpc) is 3.17. The van der Waals surface area contributed by atoms with Crippen LogP contribution >= 0.6 is 11.3 Å². The third-order valence-electron chi connectivity index (χ3n) is 3.21. The number of hydrogen-bond donors (Lipinski definition) is 0. The summed E-state index contributed by atoms with van der Waals surface area (Å²) in [7, 11) is 0. The number of ether oxygens (including phenoxy) is 1. The minimum Gasteiger partial charge on any atom is -0.448 e. The highest BCUT2D eigenvalue weighted by Gasteiger charge is 2.21. The molecular weight excluding hydrogens is 319 g/mol. The lowest BCUT2D eigenvalue weighted by Crippen LogP contribution is -2.09. The Balaban J connectivity index is 1.73. The van der Waals surface area contributed by atoms with Crippen LogP contribution in [0.15, 0.2) is 40.1 Å². The standard InChI is InChI=1S/C16H13FN2O3S/c1-9-7-8-23-13(9)16(20)21-10(2)14-18-19-15(22-14)11-3-5-12(17)6-4-11/h3-8,10H,1-2H3/t10-/m1/s1. The van der Waals surface area contributed by atoms with E-state index in [2.05, 4.69) is 10.2 Å². The summed E-state index contributed by atoms with van der Waals surface area (Å²) in [5, 5.41) is 9.61. The van der Waals surface area contributed by atoms with Gasteiger partial charge in [-0.25, -0.2) is 9.18 Å². The zero-order valence-electron chi connectivity index (χ0n) is 12.4. The average molecular weight is 332 g/mol. The molecule has 2 heterocycles. The van der Waals surface area contributed by atoms with Gasteiger partial charge in [0.15, 0.2) is 6.10 Å². The molecule has 2 aromatic heterocycles. The Morgan fingerprint density at radius 2 is 2.00 bits per heavy atom.